The molecule has 1 N–H and O–H groups in total. The van der Waals surface area contributed by atoms with Crippen molar-refractivity contribution in [2.75, 3.05) is 5.32 Å². The van der Waals surface area contributed by atoms with Crippen LogP contribution in [0.3, 0.4) is 0 Å². The molecule has 0 fully saturated rings. The standard InChI is InChI=1S/C21H19NO/c1-14-7-3-4-8-17(14)18-12-11-16(13-15(18)2)21-22-19-9-5-6-10-20(19)23-21/h3-13,21-22H,1-2H3. The topological polar surface area (TPSA) is 21.3 Å². The second kappa shape index (κ2) is 5.47. The fourth-order valence-corrected chi connectivity index (χ4v) is 3.16. The normalized spacial score (nSPS) is 15.7. The monoisotopic (exact) mass is 301 g/mol. The van der Waals surface area contributed by atoms with E-state index in [1.165, 1.54) is 22.3 Å². The van der Waals surface area contributed by atoms with Crippen LogP contribution in [0, 0.1) is 13.8 Å². The van der Waals surface area contributed by atoms with Crippen LogP contribution in [0.1, 0.15) is 22.9 Å². The number of ether oxygens (including phenoxy) is 1. The molecule has 2 nitrogen and oxygen atoms in total. The third-order valence-corrected chi connectivity index (χ3v) is 4.41. The second-order valence-electron chi connectivity index (χ2n) is 6.03. The number of nitrogens with one attached hydrogen (secondary N) is 1. The number of fused-ring (bicyclic) bond motifs is 1. The summed E-state index contributed by atoms with van der Waals surface area (Å²) in [5.74, 6) is 0.915. The lowest BCUT2D eigenvalue weighted by molar-refractivity contribution is 0.260. The van der Waals surface area contributed by atoms with E-state index < -0.39 is 0 Å². The molecule has 23 heavy (non-hydrogen) atoms. The van der Waals surface area contributed by atoms with Gasteiger partial charge in [0.15, 0.2) is 6.23 Å². The Balaban J connectivity index is 1.66. The number of anilines is 1. The molecule has 0 aliphatic carbocycles. The third kappa shape index (κ3) is 2.46. The van der Waals surface area contributed by atoms with Crippen molar-refractivity contribution in [1.82, 2.24) is 0 Å². The smallest absolute Gasteiger partial charge is 0.196 e. The molecule has 0 saturated heterocycles. The van der Waals surface area contributed by atoms with Crippen LogP contribution < -0.4 is 10.1 Å². The Morgan fingerprint density at radius 3 is 2.30 bits per heavy atom. The van der Waals surface area contributed by atoms with Gasteiger partial charge in [-0.25, -0.2) is 0 Å². The Labute approximate surface area is 136 Å². The summed E-state index contributed by atoms with van der Waals surface area (Å²) in [5, 5.41) is 3.43. The Morgan fingerprint density at radius 2 is 1.52 bits per heavy atom. The fourth-order valence-electron chi connectivity index (χ4n) is 3.16. The van der Waals surface area contributed by atoms with Crippen LogP contribution in [0.15, 0.2) is 66.7 Å². The largest absolute Gasteiger partial charge is 0.464 e. The van der Waals surface area contributed by atoms with Gasteiger partial charge in [0.1, 0.15) is 5.75 Å². The van der Waals surface area contributed by atoms with Crippen LogP contribution in [0.5, 0.6) is 5.75 Å². The van der Waals surface area contributed by atoms with E-state index in [9.17, 15) is 0 Å². The van der Waals surface area contributed by atoms with Gasteiger partial charge in [0, 0.05) is 5.56 Å². The molecule has 1 heterocycles. The molecule has 2 heteroatoms. The molecule has 4 rings (SSSR count). The average Bonchev–Trinajstić information content (AvgIpc) is 3.00. The van der Waals surface area contributed by atoms with Crippen molar-refractivity contribution in [2.24, 2.45) is 0 Å². The molecule has 1 atom stereocenters. The number of rotatable bonds is 2. The van der Waals surface area contributed by atoms with Crippen molar-refractivity contribution in [3.63, 3.8) is 0 Å². The van der Waals surface area contributed by atoms with Crippen LogP contribution in [0.2, 0.25) is 0 Å². The molecular formula is C21H19NO. The Hall–Kier alpha value is -2.74. The van der Waals surface area contributed by atoms with Gasteiger partial charge in [0.25, 0.3) is 0 Å². The summed E-state index contributed by atoms with van der Waals surface area (Å²) < 4.78 is 6.01. The quantitative estimate of drug-likeness (QED) is 0.677. The summed E-state index contributed by atoms with van der Waals surface area (Å²) in [6.07, 6.45) is -0.114. The molecule has 0 radical (unpaired) electrons. The van der Waals surface area contributed by atoms with Gasteiger partial charge in [-0.2, -0.15) is 0 Å². The predicted octanol–water partition coefficient (Wildman–Crippen LogP) is 5.47. The molecule has 114 valence electrons. The zero-order valence-corrected chi connectivity index (χ0v) is 13.3. The highest BCUT2D eigenvalue weighted by atomic mass is 16.5. The molecule has 0 aromatic heterocycles. The van der Waals surface area contributed by atoms with Crippen LogP contribution in [-0.2, 0) is 0 Å². The maximum absolute atomic E-state index is 6.01. The molecular weight excluding hydrogens is 282 g/mol. The van der Waals surface area contributed by atoms with Gasteiger partial charge in [-0.15, -0.1) is 0 Å². The van der Waals surface area contributed by atoms with E-state index in [2.05, 4.69) is 61.6 Å². The molecule has 1 aliphatic rings. The van der Waals surface area contributed by atoms with E-state index in [4.69, 9.17) is 4.74 Å². The van der Waals surface area contributed by atoms with Crippen LogP contribution in [-0.4, -0.2) is 0 Å². The first-order valence-corrected chi connectivity index (χ1v) is 7.91. The highest BCUT2D eigenvalue weighted by Crippen LogP contribution is 2.38. The molecule has 0 spiro atoms. The first-order valence-electron chi connectivity index (χ1n) is 7.91. The van der Waals surface area contributed by atoms with Gasteiger partial charge in [-0.3, -0.25) is 0 Å². The van der Waals surface area contributed by atoms with Crippen LogP contribution in [0.25, 0.3) is 11.1 Å². The minimum atomic E-state index is -0.114. The third-order valence-electron chi connectivity index (χ3n) is 4.41. The number of para-hydroxylation sites is 2. The number of aryl methyl sites for hydroxylation is 2. The zero-order valence-electron chi connectivity index (χ0n) is 13.3. The predicted molar refractivity (Wildman–Crippen MR) is 94.8 cm³/mol. The van der Waals surface area contributed by atoms with Crippen molar-refractivity contribution >= 4 is 5.69 Å². The summed E-state index contributed by atoms with van der Waals surface area (Å²) in [5.41, 5.74) is 7.33. The second-order valence-corrected chi connectivity index (χ2v) is 6.03. The summed E-state index contributed by atoms with van der Waals surface area (Å²) in [6.45, 7) is 4.31. The Morgan fingerprint density at radius 1 is 0.783 bits per heavy atom. The van der Waals surface area contributed by atoms with Crippen LogP contribution >= 0.6 is 0 Å². The minimum absolute atomic E-state index is 0.114. The maximum Gasteiger partial charge on any atom is 0.196 e. The highest BCUT2D eigenvalue weighted by Gasteiger charge is 2.23. The summed E-state index contributed by atoms with van der Waals surface area (Å²) >= 11 is 0. The number of hydrogen-bond donors (Lipinski definition) is 1. The van der Waals surface area contributed by atoms with Crippen molar-refractivity contribution in [3.8, 4) is 16.9 Å². The van der Waals surface area contributed by atoms with Gasteiger partial charge in [0.05, 0.1) is 5.69 Å². The molecule has 1 aliphatic heterocycles. The lowest BCUT2D eigenvalue weighted by atomic mass is 9.95. The van der Waals surface area contributed by atoms with Crippen molar-refractivity contribution in [1.29, 1.82) is 0 Å². The van der Waals surface area contributed by atoms with E-state index in [-0.39, 0.29) is 6.23 Å². The van der Waals surface area contributed by atoms with Crippen LogP contribution in [0.4, 0.5) is 5.69 Å². The molecule has 3 aromatic rings. The van der Waals surface area contributed by atoms with Crippen molar-refractivity contribution < 1.29 is 4.74 Å². The fraction of sp³-hybridized carbons (Fsp3) is 0.143. The Bertz CT molecular complexity index is 844. The maximum atomic E-state index is 6.01. The number of benzene rings is 3. The SMILES string of the molecule is Cc1ccccc1-c1ccc(C2Nc3ccccc3O2)cc1C. The molecule has 0 amide bonds. The van der Waals surface area contributed by atoms with Gasteiger partial charge >= 0.3 is 0 Å². The van der Waals surface area contributed by atoms with E-state index in [1.54, 1.807) is 0 Å². The highest BCUT2D eigenvalue weighted by molar-refractivity contribution is 5.71. The van der Waals surface area contributed by atoms with E-state index in [0.717, 1.165) is 17.0 Å². The van der Waals surface area contributed by atoms with E-state index >= 15 is 0 Å². The van der Waals surface area contributed by atoms with Gasteiger partial charge in [0.2, 0.25) is 0 Å². The summed E-state index contributed by atoms with van der Waals surface area (Å²) in [4.78, 5) is 0. The van der Waals surface area contributed by atoms with Gasteiger partial charge < -0.3 is 10.1 Å². The van der Waals surface area contributed by atoms with Gasteiger partial charge in [-0.05, 0) is 54.3 Å². The lowest BCUT2D eigenvalue weighted by Crippen LogP contribution is -2.10. The summed E-state index contributed by atoms with van der Waals surface area (Å²) in [6, 6.07) is 23.1. The zero-order chi connectivity index (χ0) is 15.8. The van der Waals surface area contributed by atoms with Gasteiger partial charge in [-0.1, -0.05) is 48.5 Å². The van der Waals surface area contributed by atoms with Crippen molar-refractivity contribution in [2.45, 2.75) is 20.1 Å². The first-order chi connectivity index (χ1) is 11.2. The molecule has 0 saturated carbocycles. The summed E-state index contributed by atoms with van der Waals surface area (Å²) in [7, 11) is 0. The molecule has 3 aromatic carbocycles. The Kier molecular flexibility index (Phi) is 3.30. The minimum Gasteiger partial charge on any atom is -0.464 e. The van der Waals surface area contributed by atoms with Crippen molar-refractivity contribution in [3.05, 3.63) is 83.4 Å². The van der Waals surface area contributed by atoms with E-state index in [0.29, 0.717) is 0 Å². The first kappa shape index (κ1) is 13.9. The number of hydrogen-bond acceptors (Lipinski definition) is 2. The lowest BCUT2D eigenvalue weighted by Gasteiger charge is -2.15. The molecule has 0 bridgehead atoms. The average molecular weight is 301 g/mol. The molecule has 1 unspecified atom stereocenters. The van der Waals surface area contributed by atoms with E-state index in [1.807, 2.05) is 24.3 Å².